The Hall–Kier alpha value is -4.03. The van der Waals surface area contributed by atoms with Crippen molar-refractivity contribution >= 4 is 49.9 Å². The van der Waals surface area contributed by atoms with Crippen LogP contribution >= 0.6 is 0 Å². The van der Waals surface area contributed by atoms with Crippen molar-refractivity contribution in [2.45, 2.75) is 0 Å². The SMILES string of the molecule is CS(=O)(=O)N1CCN(c2ccc(NC(=O)c3nnc(Nc4cccc5ccccc45)o3)cn2)CC1. The smallest absolute Gasteiger partial charge is 0.320 e. The highest BCUT2D eigenvalue weighted by atomic mass is 32.2. The third kappa shape index (κ3) is 5.08. The Morgan fingerprint density at radius 2 is 1.74 bits per heavy atom. The lowest BCUT2D eigenvalue weighted by molar-refractivity contribution is 0.0991. The normalized spacial score (nSPS) is 14.7. The van der Waals surface area contributed by atoms with Crippen LogP contribution in [0.3, 0.4) is 0 Å². The molecule has 1 fully saturated rings. The molecule has 0 atom stereocenters. The molecule has 11 nitrogen and oxygen atoms in total. The number of hydrogen-bond donors (Lipinski definition) is 2. The zero-order valence-electron chi connectivity index (χ0n) is 18.9. The molecule has 4 aromatic rings. The topological polar surface area (TPSA) is 134 Å². The number of pyridine rings is 1. The molecule has 2 aromatic carbocycles. The Morgan fingerprint density at radius 1 is 0.971 bits per heavy atom. The zero-order chi connectivity index (χ0) is 24.4. The number of amides is 1. The molecule has 3 heterocycles. The zero-order valence-corrected chi connectivity index (χ0v) is 19.7. The monoisotopic (exact) mass is 493 g/mol. The summed E-state index contributed by atoms with van der Waals surface area (Å²) in [5, 5.41) is 15.6. The molecule has 1 amide bonds. The largest absolute Gasteiger partial charge is 0.399 e. The van der Waals surface area contributed by atoms with Gasteiger partial charge in [0, 0.05) is 31.6 Å². The average molecular weight is 494 g/mol. The molecule has 1 saturated heterocycles. The molecule has 0 bridgehead atoms. The van der Waals surface area contributed by atoms with E-state index in [2.05, 4.69) is 25.8 Å². The number of carbonyl (C=O) groups excluding carboxylic acids is 1. The molecule has 1 aliphatic heterocycles. The fourth-order valence-corrected chi connectivity index (χ4v) is 4.72. The van der Waals surface area contributed by atoms with Crippen LogP contribution in [0.25, 0.3) is 10.8 Å². The maximum Gasteiger partial charge on any atom is 0.320 e. The number of aromatic nitrogens is 3. The standard InChI is InChI=1S/C23H23N7O4S/c1-35(32,33)30-13-11-29(12-14-30)20-10-9-17(15-24-20)25-21(31)22-27-28-23(34-22)26-19-8-4-6-16-5-2-3-7-18(16)19/h2-10,15H,11-14H2,1H3,(H,25,31)(H,26,28). The fraction of sp³-hybridized carbons (Fsp3) is 0.217. The van der Waals surface area contributed by atoms with Gasteiger partial charge in [0.05, 0.1) is 23.8 Å². The molecule has 0 radical (unpaired) electrons. The minimum absolute atomic E-state index is 0.105. The lowest BCUT2D eigenvalue weighted by Crippen LogP contribution is -2.48. The van der Waals surface area contributed by atoms with Crippen LogP contribution < -0.4 is 15.5 Å². The molecule has 2 aromatic heterocycles. The van der Waals surface area contributed by atoms with Crippen molar-refractivity contribution in [2.75, 3.05) is 48.0 Å². The van der Waals surface area contributed by atoms with Gasteiger partial charge < -0.3 is 20.0 Å². The van der Waals surface area contributed by atoms with Crippen molar-refractivity contribution in [2.24, 2.45) is 0 Å². The number of piperazine rings is 1. The second-order valence-electron chi connectivity index (χ2n) is 8.07. The summed E-state index contributed by atoms with van der Waals surface area (Å²) in [5.41, 5.74) is 1.26. The van der Waals surface area contributed by atoms with Crippen LogP contribution in [0.1, 0.15) is 10.7 Å². The van der Waals surface area contributed by atoms with Gasteiger partial charge in [0.25, 0.3) is 0 Å². The van der Waals surface area contributed by atoms with Gasteiger partial charge in [-0.15, -0.1) is 5.10 Å². The summed E-state index contributed by atoms with van der Waals surface area (Å²) in [5.74, 6) is -0.0380. The Labute approximate surface area is 201 Å². The van der Waals surface area contributed by atoms with Crippen LogP contribution in [-0.4, -0.2) is 66.2 Å². The number of nitrogens with zero attached hydrogens (tertiary/aromatic N) is 5. The molecule has 0 aliphatic carbocycles. The summed E-state index contributed by atoms with van der Waals surface area (Å²) in [6.45, 7) is 1.90. The fourth-order valence-electron chi connectivity index (χ4n) is 3.90. The Morgan fingerprint density at radius 3 is 2.49 bits per heavy atom. The van der Waals surface area contributed by atoms with Crippen LogP contribution in [-0.2, 0) is 10.0 Å². The van der Waals surface area contributed by atoms with Gasteiger partial charge in [0.15, 0.2) is 0 Å². The molecule has 1 aliphatic rings. The van der Waals surface area contributed by atoms with Crippen LogP contribution in [0.2, 0.25) is 0 Å². The number of anilines is 4. The molecule has 0 saturated carbocycles. The van der Waals surface area contributed by atoms with Crippen molar-refractivity contribution in [1.82, 2.24) is 19.5 Å². The van der Waals surface area contributed by atoms with E-state index in [4.69, 9.17) is 4.42 Å². The number of sulfonamides is 1. The van der Waals surface area contributed by atoms with Gasteiger partial charge in [-0.25, -0.2) is 13.4 Å². The van der Waals surface area contributed by atoms with Gasteiger partial charge in [-0.2, -0.15) is 4.31 Å². The predicted octanol–water partition coefficient (Wildman–Crippen LogP) is 2.70. The third-order valence-corrected chi connectivity index (χ3v) is 6.99. The number of hydrogen-bond acceptors (Lipinski definition) is 9. The summed E-state index contributed by atoms with van der Waals surface area (Å²) < 4.78 is 30.3. The van der Waals surface area contributed by atoms with E-state index in [0.717, 1.165) is 16.5 Å². The van der Waals surface area contributed by atoms with Crippen molar-refractivity contribution in [3.63, 3.8) is 0 Å². The minimum Gasteiger partial charge on any atom is -0.399 e. The first kappa shape index (κ1) is 22.7. The Kier molecular flexibility index (Phi) is 6.05. The summed E-state index contributed by atoms with van der Waals surface area (Å²) in [6.07, 6.45) is 2.74. The molecule has 2 N–H and O–H groups in total. The van der Waals surface area contributed by atoms with Crippen LogP contribution in [0.5, 0.6) is 0 Å². The second-order valence-corrected chi connectivity index (χ2v) is 10.1. The predicted molar refractivity (Wildman–Crippen MR) is 132 cm³/mol. The van der Waals surface area contributed by atoms with E-state index in [0.29, 0.717) is 37.7 Å². The van der Waals surface area contributed by atoms with Gasteiger partial charge in [0.2, 0.25) is 10.0 Å². The first-order valence-corrected chi connectivity index (χ1v) is 12.8. The summed E-state index contributed by atoms with van der Waals surface area (Å²) in [7, 11) is -3.19. The summed E-state index contributed by atoms with van der Waals surface area (Å²) in [4.78, 5) is 19.0. The highest BCUT2D eigenvalue weighted by molar-refractivity contribution is 7.88. The lowest BCUT2D eigenvalue weighted by Gasteiger charge is -2.33. The molecule has 35 heavy (non-hydrogen) atoms. The first-order chi connectivity index (χ1) is 16.9. The molecule has 0 unspecified atom stereocenters. The van der Waals surface area contributed by atoms with Gasteiger partial charge in [-0.3, -0.25) is 4.79 Å². The Bertz CT molecular complexity index is 1460. The average Bonchev–Trinajstić information content (AvgIpc) is 3.33. The van der Waals surface area contributed by atoms with Crippen LogP contribution in [0.15, 0.2) is 65.2 Å². The van der Waals surface area contributed by atoms with Crippen LogP contribution in [0.4, 0.5) is 23.2 Å². The summed E-state index contributed by atoms with van der Waals surface area (Å²) >= 11 is 0. The van der Waals surface area contributed by atoms with Crippen molar-refractivity contribution in [3.8, 4) is 0 Å². The van der Waals surface area contributed by atoms with Gasteiger partial charge >= 0.3 is 17.8 Å². The maximum atomic E-state index is 12.6. The van der Waals surface area contributed by atoms with Crippen molar-refractivity contribution in [1.29, 1.82) is 0 Å². The number of carbonyl (C=O) groups is 1. The highest BCUT2D eigenvalue weighted by Gasteiger charge is 2.24. The number of fused-ring (bicyclic) bond motifs is 1. The summed E-state index contributed by atoms with van der Waals surface area (Å²) in [6, 6.07) is 17.3. The molecular formula is C23H23N7O4S. The Balaban J connectivity index is 1.21. The number of benzene rings is 2. The van der Waals surface area contributed by atoms with E-state index in [-0.39, 0.29) is 11.9 Å². The van der Waals surface area contributed by atoms with E-state index in [9.17, 15) is 13.2 Å². The highest BCUT2D eigenvalue weighted by Crippen LogP contribution is 2.26. The number of rotatable bonds is 6. The van der Waals surface area contributed by atoms with Crippen LogP contribution in [0, 0.1) is 0 Å². The van der Waals surface area contributed by atoms with Gasteiger partial charge in [-0.05, 0) is 23.6 Å². The van der Waals surface area contributed by atoms with Crippen molar-refractivity contribution in [3.05, 3.63) is 66.7 Å². The molecular weight excluding hydrogens is 470 g/mol. The quantitative estimate of drug-likeness (QED) is 0.416. The first-order valence-electron chi connectivity index (χ1n) is 10.9. The van der Waals surface area contributed by atoms with E-state index >= 15 is 0 Å². The molecule has 5 rings (SSSR count). The van der Waals surface area contributed by atoms with E-state index in [1.165, 1.54) is 16.8 Å². The number of nitrogens with one attached hydrogen (secondary N) is 2. The lowest BCUT2D eigenvalue weighted by atomic mass is 10.1. The van der Waals surface area contributed by atoms with E-state index < -0.39 is 15.9 Å². The van der Waals surface area contributed by atoms with E-state index in [1.807, 2.05) is 47.4 Å². The minimum atomic E-state index is -3.19. The second kappa shape index (κ2) is 9.31. The molecule has 180 valence electrons. The molecule has 0 spiro atoms. The van der Waals surface area contributed by atoms with Gasteiger partial charge in [0.1, 0.15) is 5.82 Å². The van der Waals surface area contributed by atoms with Crippen molar-refractivity contribution < 1.29 is 17.6 Å². The molecule has 12 heteroatoms. The maximum absolute atomic E-state index is 12.6. The van der Waals surface area contributed by atoms with Gasteiger partial charge in [-0.1, -0.05) is 41.5 Å². The van der Waals surface area contributed by atoms with E-state index in [1.54, 1.807) is 12.1 Å². The third-order valence-electron chi connectivity index (χ3n) is 5.69.